The molecule has 0 rings (SSSR count). The zero-order valence-electron chi connectivity index (χ0n) is 8.78. The summed E-state index contributed by atoms with van der Waals surface area (Å²) in [5.41, 5.74) is 0. The summed E-state index contributed by atoms with van der Waals surface area (Å²) in [7, 11) is 0. The molecule has 0 heterocycles. The molecule has 0 aromatic carbocycles. The Kier molecular flexibility index (Phi) is 5.60. The molecule has 0 fully saturated rings. The lowest BCUT2D eigenvalue weighted by Gasteiger charge is -2.15. The molecule has 0 aromatic rings. The average molecular weight is 199 g/mol. The monoisotopic (exact) mass is 199 g/mol. The van der Waals surface area contributed by atoms with Crippen molar-refractivity contribution in [3.8, 4) is 0 Å². The molecule has 0 aliphatic heterocycles. The fraction of sp³-hybridized carbons (Fsp3) is 0.600. The number of aliphatic carboxylic acids is 1. The van der Waals surface area contributed by atoms with Crippen molar-refractivity contribution in [3.63, 3.8) is 0 Å². The number of hydrogen-bond donors (Lipinski definition) is 2. The smallest absolute Gasteiger partial charge is 0.326 e. The number of carbonyl (C=O) groups is 2. The first-order valence-corrected chi connectivity index (χ1v) is 4.63. The van der Waals surface area contributed by atoms with Crippen LogP contribution in [0.15, 0.2) is 12.2 Å². The van der Waals surface area contributed by atoms with E-state index in [-0.39, 0.29) is 11.8 Å². The molecule has 0 saturated heterocycles. The minimum absolute atomic E-state index is 0.238. The van der Waals surface area contributed by atoms with E-state index in [1.54, 1.807) is 13.0 Å². The molecule has 1 atom stereocenters. The van der Waals surface area contributed by atoms with Gasteiger partial charge in [0.15, 0.2) is 0 Å². The van der Waals surface area contributed by atoms with Crippen LogP contribution in [0, 0.1) is 5.92 Å². The van der Waals surface area contributed by atoms with Crippen LogP contribution in [-0.2, 0) is 9.59 Å². The zero-order valence-corrected chi connectivity index (χ0v) is 8.78. The zero-order chi connectivity index (χ0) is 11.1. The van der Waals surface area contributed by atoms with Crippen LogP contribution in [0.4, 0.5) is 0 Å². The van der Waals surface area contributed by atoms with Gasteiger partial charge in [-0.25, -0.2) is 4.79 Å². The van der Waals surface area contributed by atoms with Gasteiger partial charge in [0.1, 0.15) is 6.04 Å². The van der Waals surface area contributed by atoms with E-state index >= 15 is 0 Å². The highest BCUT2D eigenvalue weighted by molar-refractivity contribution is 5.90. The number of rotatable bonds is 5. The van der Waals surface area contributed by atoms with Crippen LogP contribution in [0.1, 0.15) is 27.2 Å². The molecule has 0 aliphatic rings. The van der Waals surface area contributed by atoms with Crippen LogP contribution in [0.5, 0.6) is 0 Å². The van der Waals surface area contributed by atoms with Crippen LogP contribution >= 0.6 is 0 Å². The Morgan fingerprint density at radius 1 is 1.43 bits per heavy atom. The molecular formula is C10H17NO3. The molecule has 0 aromatic heterocycles. The lowest BCUT2D eigenvalue weighted by atomic mass is 10.0. The van der Waals surface area contributed by atoms with Crippen molar-refractivity contribution in [3.05, 3.63) is 12.2 Å². The Hall–Kier alpha value is -1.32. The van der Waals surface area contributed by atoms with Crippen molar-refractivity contribution in [2.75, 3.05) is 0 Å². The standard InChI is InChI=1S/C10H17NO3/c1-4-5-9(12)11-8(10(13)14)6-7(2)3/h4-5,7-8H,6H2,1-3H3,(H,11,12)(H,13,14)/t8-/m1/s1. The van der Waals surface area contributed by atoms with Crippen LogP contribution in [-0.4, -0.2) is 23.0 Å². The predicted molar refractivity (Wildman–Crippen MR) is 53.8 cm³/mol. The normalized spacial score (nSPS) is 13.1. The Morgan fingerprint density at radius 3 is 2.36 bits per heavy atom. The molecule has 0 radical (unpaired) electrons. The number of hydrogen-bond acceptors (Lipinski definition) is 2. The molecule has 0 bridgehead atoms. The van der Waals surface area contributed by atoms with E-state index in [2.05, 4.69) is 5.32 Å². The summed E-state index contributed by atoms with van der Waals surface area (Å²) in [5, 5.41) is 11.2. The van der Waals surface area contributed by atoms with Gasteiger partial charge in [-0.3, -0.25) is 4.79 Å². The predicted octanol–water partition coefficient (Wildman–Crippen LogP) is 1.18. The van der Waals surface area contributed by atoms with E-state index < -0.39 is 12.0 Å². The molecule has 2 N–H and O–H groups in total. The fourth-order valence-corrected chi connectivity index (χ4v) is 1.06. The summed E-state index contributed by atoms with van der Waals surface area (Å²) >= 11 is 0. The Balaban J connectivity index is 4.23. The number of carboxylic acids is 1. The van der Waals surface area contributed by atoms with Crippen molar-refractivity contribution < 1.29 is 14.7 Å². The van der Waals surface area contributed by atoms with Gasteiger partial charge in [-0.15, -0.1) is 0 Å². The number of carbonyl (C=O) groups excluding carboxylic acids is 1. The van der Waals surface area contributed by atoms with E-state index in [9.17, 15) is 9.59 Å². The first-order valence-electron chi connectivity index (χ1n) is 4.63. The maximum absolute atomic E-state index is 11.1. The molecule has 0 spiro atoms. The van der Waals surface area contributed by atoms with Crippen molar-refractivity contribution in [1.29, 1.82) is 0 Å². The second-order valence-electron chi connectivity index (χ2n) is 3.53. The van der Waals surface area contributed by atoms with E-state index in [1.807, 2.05) is 13.8 Å². The van der Waals surface area contributed by atoms with Crippen molar-refractivity contribution in [2.45, 2.75) is 33.2 Å². The van der Waals surface area contributed by atoms with Gasteiger partial charge in [-0.2, -0.15) is 0 Å². The van der Waals surface area contributed by atoms with Gasteiger partial charge >= 0.3 is 5.97 Å². The van der Waals surface area contributed by atoms with E-state index in [0.29, 0.717) is 6.42 Å². The minimum atomic E-state index is -0.989. The van der Waals surface area contributed by atoms with Crippen molar-refractivity contribution in [1.82, 2.24) is 5.32 Å². The first-order chi connectivity index (χ1) is 6.47. The van der Waals surface area contributed by atoms with E-state index in [4.69, 9.17) is 5.11 Å². The molecule has 4 heteroatoms. The Morgan fingerprint density at radius 2 is 2.00 bits per heavy atom. The Bertz CT molecular complexity index is 234. The third kappa shape index (κ3) is 5.35. The fourth-order valence-electron chi connectivity index (χ4n) is 1.06. The number of amides is 1. The maximum Gasteiger partial charge on any atom is 0.326 e. The van der Waals surface area contributed by atoms with Crippen LogP contribution in [0.25, 0.3) is 0 Å². The van der Waals surface area contributed by atoms with Crippen LogP contribution < -0.4 is 5.32 Å². The van der Waals surface area contributed by atoms with Crippen molar-refractivity contribution in [2.24, 2.45) is 5.92 Å². The quantitative estimate of drug-likeness (QED) is 0.653. The summed E-state index contributed by atoms with van der Waals surface area (Å²) in [4.78, 5) is 21.8. The number of allylic oxidation sites excluding steroid dienone is 1. The van der Waals surface area contributed by atoms with E-state index in [1.165, 1.54) is 6.08 Å². The highest BCUT2D eigenvalue weighted by Crippen LogP contribution is 2.04. The first kappa shape index (κ1) is 12.7. The third-order valence-electron chi connectivity index (χ3n) is 1.64. The highest BCUT2D eigenvalue weighted by atomic mass is 16.4. The molecule has 0 aliphatic carbocycles. The second-order valence-corrected chi connectivity index (χ2v) is 3.53. The van der Waals surface area contributed by atoms with E-state index in [0.717, 1.165) is 0 Å². The van der Waals surface area contributed by atoms with Gasteiger partial charge in [0.25, 0.3) is 0 Å². The molecule has 0 unspecified atom stereocenters. The topological polar surface area (TPSA) is 66.4 Å². The average Bonchev–Trinajstić information content (AvgIpc) is 2.02. The number of nitrogens with one attached hydrogen (secondary N) is 1. The van der Waals surface area contributed by atoms with Crippen LogP contribution in [0.2, 0.25) is 0 Å². The molecular weight excluding hydrogens is 182 g/mol. The van der Waals surface area contributed by atoms with Crippen molar-refractivity contribution >= 4 is 11.9 Å². The molecule has 80 valence electrons. The lowest BCUT2D eigenvalue weighted by Crippen LogP contribution is -2.40. The summed E-state index contributed by atoms with van der Waals surface area (Å²) in [6.45, 7) is 5.54. The van der Waals surface area contributed by atoms with Gasteiger partial charge in [0.05, 0.1) is 0 Å². The highest BCUT2D eigenvalue weighted by Gasteiger charge is 2.19. The maximum atomic E-state index is 11.1. The van der Waals surface area contributed by atoms with Crippen LogP contribution in [0.3, 0.4) is 0 Å². The van der Waals surface area contributed by atoms with Gasteiger partial charge in [-0.1, -0.05) is 19.9 Å². The largest absolute Gasteiger partial charge is 0.480 e. The number of carboxylic acid groups (broad SMARTS) is 1. The third-order valence-corrected chi connectivity index (χ3v) is 1.64. The molecule has 14 heavy (non-hydrogen) atoms. The van der Waals surface area contributed by atoms with Gasteiger partial charge in [0.2, 0.25) is 5.91 Å². The van der Waals surface area contributed by atoms with Gasteiger partial charge in [0, 0.05) is 0 Å². The summed E-state index contributed by atoms with van der Waals surface area (Å²) in [5.74, 6) is -1.11. The molecule has 4 nitrogen and oxygen atoms in total. The Labute approximate surface area is 84.0 Å². The molecule has 1 amide bonds. The SMILES string of the molecule is CC=CC(=O)N[C@H](CC(C)C)C(=O)O. The molecule has 0 saturated carbocycles. The lowest BCUT2D eigenvalue weighted by molar-refractivity contribution is -0.141. The second kappa shape index (κ2) is 6.18. The summed E-state index contributed by atoms with van der Waals surface area (Å²) < 4.78 is 0. The summed E-state index contributed by atoms with van der Waals surface area (Å²) in [6, 6.07) is -0.793. The van der Waals surface area contributed by atoms with Gasteiger partial charge < -0.3 is 10.4 Å². The summed E-state index contributed by atoms with van der Waals surface area (Å²) in [6.07, 6.45) is 3.33. The minimum Gasteiger partial charge on any atom is -0.480 e. The van der Waals surface area contributed by atoms with Gasteiger partial charge in [-0.05, 0) is 25.3 Å².